The van der Waals surface area contributed by atoms with Crippen molar-refractivity contribution in [2.45, 2.75) is 13.8 Å². The molecule has 0 radical (unpaired) electrons. The Morgan fingerprint density at radius 1 is 1.62 bits per heavy atom. The van der Waals surface area contributed by atoms with Crippen LogP contribution < -0.4 is 16.7 Å². The number of hydrogen-bond acceptors (Lipinski definition) is 5. The summed E-state index contributed by atoms with van der Waals surface area (Å²) in [5.74, 6) is 5.14. The molecule has 0 bridgehead atoms. The molecule has 3 N–H and O–H groups in total. The Kier molecular flexibility index (Phi) is 2.48. The maximum Gasteiger partial charge on any atom is 0.221 e. The van der Waals surface area contributed by atoms with Crippen molar-refractivity contribution in [3.8, 4) is 0 Å². The molecule has 0 unspecified atom stereocenters. The molecule has 0 atom stereocenters. The first-order valence-corrected chi connectivity index (χ1v) is 3.68. The zero-order valence-electron chi connectivity index (χ0n) is 7.38. The average molecular weight is 182 g/mol. The average Bonchev–Trinajstić information content (AvgIpc) is 2.01. The van der Waals surface area contributed by atoms with Gasteiger partial charge in [0.2, 0.25) is 5.88 Å². The molecule has 0 aliphatic rings. The van der Waals surface area contributed by atoms with E-state index in [0.29, 0.717) is 5.76 Å². The van der Waals surface area contributed by atoms with Gasteiger partial charge in [-0.3, -0.25) is 15.0 Å². The molecule has 0 aliphatic heterocycles. The minimum absolute atomic E-state index is 0.0116. The van der Waals surface area contributed by atoms with E-state index in [1.807, 2.05) is 0 Å². The first-order chi connectivity index (χ1) is 6.06. The van der Waals surface area contributed by atoms with Gasteiger partial charge in [-0.05, 0) is 13.8 Å². The number of hydrazine groups is 1. The summed E-state index contributed by atoms with van der Waals surface area (Å²) < 4.78 is 5.04. The lowest BCUT2D eigenvalue weighted by Gasteiger charge is -2.04. The molecule has 0 saturated carbocycles. The standard InChI is InChI=1S/C8H10N2O3/c1-4-3-6(12)7(5(2)11)8(10-9)13-4/h3,10H,9H2,1-2H3. The van der Waals surface area contributed by atoms with Crippen molar-refractivity contribution in [3.05, 3.63) is 27.6 Å². The van der Waals surface area contributed by atoms with Gasteiger partial charge in [-0.2, -0.15) is 0 Å². The van der Waals surface area contributed by atoms with Gasteiger partial charge in [0.25, 0.3) is 0 Å². The van der Waals surface area contributed by atoms with Crippen molar-refractivity contribution < 1.29 is 9.21 Å². The van der Waals surface area contributed by atoms with Crippen molar-refractivity contribution in [1.29, 1.82) is 0 Å². The van der Waals surface area contributed by atoms with Crippen molar-refractivity contribution in [2.24, 2.45) is 5.84 Å². The highest BCUT2D eigenvalue weighted by Crippen LogP contribution is 2.12. The first-order valence-electron chi connectivity index (χ1n) is 3.68. The fourth-order valence-corrected chi connectivity index (χ4v) is 1.05. The predicted octanol–water partition coefficient (Wildman–Crippen LogP) is 0.436. The number of carbonyl (C=O) groups is 1. The maximum absolute atomic E-state index is 11.3. The van der Waals surface area contributed by atoms with E-state index in [1.165, 1.54) is 13.0 Å². The number of ketones is 1. The van der Waals surface area contributed by atoms with E-state index < -0.39 is 0 Å². The zero-order valence-corrected chi connectivity index (χ0v) is 7.38. The van der Waals surface area contributed by atoms with E-state index in [1.54, 1.807) is 6.92 Å². The van der Waals surface area contributed by atoms with Gasteiger partial charge in [0.1, 0.15) is 11.3 Å². The second-order valence-corrected chi connectivity index (χ2v) is 2.63. The number of aryl methyl sites for hydroxylation is 1. The lowest BCUT2D eigenvalue weighted by atomic mass is 10.2. The van der Waals surface area contributed by atoms with Gasteiger partial charge >= 0.3 is 0 Å². The van der Waals surface area contributed by atoms with Crippen molar-refractivity contribution in [3.63, 3.8) is 0 Å². The minimum atomic E-state index is -0.385. The number of anilines is 1. The van der Waals surface area contributed by atoms with Crippen molar-refractivity contribution >= 4 is 11.7 Å². The van der Waals surface area contributed by atoms with Gasteiger partial charge in [0, 0.05) is 6.07 Å². The summed E-state index contributed by atoms with van der Waals surface area (Å²) in [5.41, 5.74) is 1.74. The second-order valence-electron chi connectivity index (χ2n) is 2.63. The molecule has 70 valence electrons. The minimum Gasteiger partial charge on any atom is -0.444 e. The van der Waals surface area contributed by atoms with E-state index in [2.05, 4.69) is 5.43 Å². The highest BCUT2D eigenvalue weighted by Gasteiger charge is 2.13. The number of Topliss-reactive ketones (excluding diaryl/α,β-unsaturated/α-hetero) is 1. The Balaban J connectivity index is 3.48. The van der Waals surface area contributed by atoms with Crippen LogP contribution in [0, 0.1) is 6.92 Å². The van der Waals surface area contributed by atoms with Crippen LogP contribution in [0.25, 0.3) is 0 Å². The monoisotopic (exact) mass is 182 g/mol. The number of nitrogens with two attached hydrogens (primary N) is 1. The lowest BCUT2D eigenvalue weighted by Crippen LogP contribution is -2.19. The van der Waals surface area contributed by atoms with E-state index in [-0.39, 0.29) is 22.7 Å². The topological polar surface area (TPSA) is 85.3 Å². The molecule has 0 amide bonds. The molecule has 0 spiro atoms. The molecule has 1 aromatic rings. The van der Waals surface area contributed by atoms with Gasteiger partial charge in [0.05, 0.1) is 0 Å². The normalized spacial score (nSPS) is 9.77. The molecule has 1 aromatic heterocycles. The van der Waals surface area contributed by atoms with E-state index in [0.717, 1.165) is 0 Å². The van der Waals surface area contributed by atoms with Crippen LogP contribution in [0.5, 0.6) is 0 Å². The molecule has 0 aliphatic carbocycles. The van der Waals surface area contributed by atoms with Gasteiger partial charge in [0.15, 0.2) is 11.2 Å². The maximum atomic E-state index is 11.3. The molecule has 1 heterocycles. The smallest absolute Gasteiger partial charge is 0.221 e. The van der Waals surface area contributed by atoms with Crippen LogP contribution in [0.3, 0.4) is 0 Å². The molecule has 5 nitrogen and oxygen atoms in total. The quantitative estimate of drug-likeness (QED) is 0.393. The SMILES string of the molecule is CC(=O)c1c(NN)oc(C)cc1=O. The van der Waals surface area contributed by atoms with Gasteiger partial charge in [-0.15, -0.1) is 0 Å². The van der Waals surface area contributed by atoms with Crippen LogP contribution in [-0.4, -0.2) is 5.78 Å². The highest BCUT2D eigenvalue weighted by molar-refractivity contribution is 5.98. The third kappa shape index (κ3) is 1.75. The molecule has 5 heteroatoms. The van der Waals surface area contributed by atoms with E-state index >= 15 is 0 Å². The third-order valence-corrected chi connectivity index (χ3v) is 1.55. The molecule has 0 aromatic carbocycles. The van der Waals surface area contributed by atoms with Gasteiger partial charge in [-0.1, -0.05) is 0 Å². The fraction of sp³-hybridized carbons (Fsp3) is 0.250. The number of carbonyl (C=O) groups excluding carboxylic acids is 1. The number of nitrogen functional groups attached to an aromatic ring is 1. The van der Waals surface area contributed by atoms with Crippen LogP contribution in [0.2, 0.25) is 0 Å². The Morgan fingerprint density at radius 2 is 2.23 bits per heavy atom. The third-order valence-electron chi connectivity index (χ3n) is 1.55. The second kappa shape index (κ2) is 3.40. The first kappa shape index (κ1) is 9.47. The van der Waals surface area contributed by atoms with Crippen LogP contribution in [0.1, 0.15) is 23.0 Å². The Labute approximate surface area is 74.5 Å². The van der Waals surface area contributed by atoms with Crippen LogP contribution >= 0.6 is 0 Å². The molecular formula is C8H10N2O3. The summed E-state index contributed by atoms with van der Waals surface area (Å²) in [5, 5.41) is 0. The summed E-state index contributed by atoms with van der Waals surface area (Å²) in [6.45, 7) is 2.88. The number of hydrogen-bond donors (Lipinski definition) is 2. The molecular weight excluding hydrogens is 172 g/mol. The summed E-state index contributed by atoms with van der Waals surface area (Å²) in [7, 11) is 0. The predicted molar refractivity (Wildman–Crippen MR) is 47.5 cm³/mol. The Morgan fingerprint density at radius 3 is 2.69 bits per heavy atom. The van der Waals surface area contributed by atoms with Crippen LogP contribution in [0.4, 0.5) is 5.88 Å². The van der Waals surface area contributed by atoms with Crippen LogP contribution in [0.15, 0.2) is 15.3 Å². The highest BCUT2D eigenvalue weighted by atomic mass is 16.4. The summed E-state index contributed by atoms with van der Waals surface area (Å²) in [4.78, 5) is 22.3. The summed E-state index contributed by atoms with van der Waals surface area (Å²) >= 11 is 0. The zero-order chi connectivity index (χ0) is 10.0. The molecule has 0 fully saturated rings. The lowest BCUT2D eigenvalue weighted by molar-refractivity contribution is 0.101. The summed E-state index contributed by atoms with van der Waals surface area (Å²) in [6, 6.07) is 1.25. The van der Waals surface area contributed by atoms with Crippen molar-refractivity contribution in [2.75, 3.05) is 5.43 Å². The molecule has 1 rings (SSSR count). The largest absolute Gasteiger partial charge is 0.444 e. The Bertz CT molecular complexity index is 395. The summed E-state index contributed by atoms with van der Waals surface area (Å²) in [6.07, 6.45) is 0. The Hall–Kier alpha value is -1.62. The number of rotatable bonds is 2. The molecule has 13 heavy (non-hydrogen) atoms. The number of nitrogens with one attached hydrogen (secondary N) is 1. The molecule has 0 saturated heterocycles. The van der Waals surface area contributed by atoms with Gasteiger partial charge in [-0.25, -0.2) is 5.84 Å². The van der Waals surface area contributed by atoms with Crippen LogP contribution in [-0.2, 0) is 0 Å². The van der Waals surface area contributed by atoms with E-state index in [4.69, 9.17) is 10.3 Å². The fourth-order valence-electron chi connectivity index (χ4n) is 1.05. The van der Waals surface area contributed by atoms with Crippen molar-refractivity contribution in [1.82, 2.24) is 0 Å². The van der Waals surface area contributed by atoms with E-state index in [9.17, 15) is 9.59 Å². The van der Waals surface area contributed by atoms with Gasteiger partial charge < -0.3 is 4.42 Å².